The summed E-state index contributed by atoms with van der Waals surface area (Å²) in [4.78, 5) is 27.3. The Morgan fingerprint density at radius 1 is 0.920 bits per heavy atom. The second-order valence-corrected chi connectivity index (χ2v) is 6.49. The Labute approximate surface area is 144 Å². The molecule has 0 radical (unpaired) electrons. The molecule has 0 saturated heterocycles. The number of carbonyl (C=O) groups is 2. The molecule has 0 spiro atoms. The highest BCUT2D eigenvalue weighted by atomic mass is 16.2. The van der Waals surface area contributed by atoms with Gasteiger partial charge in [-0.25, -0.2) is 0 Å². The molecule has 0 unspecified atom stereocenters. The van der Waals surface area contributed by atoms with Crippen LogP contribution in [0.25, 0.3) is 0 Å². The molecule has 3 aromatic rings. The van der Waals surface area contributed by atoms with Crippen molar-refractivity contribution in [3.63, 3.8) is 0 Å². The van der Waals surface area contributed by atoms with Gasteiger partial charge in [0.2, 0.25) is 0 Å². The zero-order valence-electron chi connectivity index (χ0n) is 13.3. The molecule has 122 valence electrons. The smallest absolute Gasteiger partial charge is 0.261 e. The van der Waals surface area contributed by atoms with Gasteiger partial charge in [-0.1, -0.05) is 42.5 Å². The van der Waals surface area contributed by atoms with Crippen LogP contribution in [0.5, 0.6) is 0 Å². The Morgan fingerprint density at radius 3 is 2.24 bits per heavy atom. The summed E-state index contributed by atoms with van der Waals surface area (Å²) in [5, 5.41) is 7.17. The van der Waals surface area contributed by atoms with Crippen LogP contribution in [0, 0.1) is 0 Å². The number of H-pyrrole nitrogens is 1. The Hall–Kier alpha value is -3.21. The van der Waals surface area contributed by atoms with Crippen LogP contribution < -0.4 is 0 Å². The Morgan fingerprint density at radius 2 is 1.56 bits per heavy atom. The average Bonchev–Trinajstić information content (AvgIpc) is 3.29. The van der Waals surface area contributed by atoms with Crippen molar-refractivity contribution in [1.82, 2.24) is 15.1 Å². The molecule has 2 amide bonds. The van der Waals surface area contributed by atoms with Crippen LogP contribution in [0.15, 0.2) is 60.8 Å². The van der Waals surface area contributed by atoms with Gasteiger partial charge in [-0.3, -0.25) is 19.6 Å². The quantitative estimate of drug-likeness (QED) is 0.735. The molecule has 0 fully saturated rings. The number of hydrogen-bond donors (Lipinski definition) is 1. The number of nitrogens with zero attached hydrogens (tertiary/aromatic N) is 2. The molecule has 1 aromatic heterocycles. The van der Waals surface area contributed by atoms with E-state index in [-0.39, 0.29) is 23.8 Å². The van der Waals surface area contributed by atoms with Crippen LogP contribution in [0.2, 0.25) is 0 Å². The number of benzene rings is 2. The minimum absolute atomic E-state index is 0.0582. The molecule has 2 heterocycles. The predicted molar refractivity (Wildman–Crippen MR) is 91.3 cm³/mol. The lowest BCUT2D eigenvalue weighted by molar-refractivity contribution is 0.0578. The van der Waals surface area contributed by atoms with Crippen LogP contribution in [0.3, 0.4) is 0 Å². The molecule has 5 rings (SSSR count). The van der Waals surface area contributed by atoms with Crippen molar-refractivity contribution in [3.8, 4) is 0 Å². The zero-order chi connectivity index (χ0) is 17.0. The van der Waals surface area contributed by atoms with Gasteiger partial charge in [-0.15, -0.1) is 0 Å². The van der Waals surface area contributed by atoms with Crippen molar-refractivity contribution < 1.29 is 9.59 Å². The Kier molecular flexibility index (Phi) is 2.91. The number of fused-ring (bicyclic) bond motifs is 2. The average molecular weight is 329 g/mol. The molecule has 1 N–H and O–H groups in total. The van der Waals surface area contributed by atoms with Gasteiger partial charge in [-0.2, -0.15) is 5.10 Å². The summed E-state index contributed by atoms with van der Waals surface area (Å²) in [6.45, 7) is 0. The maximum absolute atomic E-state index is 12.9. The van der Waals surface area contributed by atoms with Crippen molar-refractivity contribution in [1.29, 1.82) is 0 Å². The van der Waals surface area contributed by atoms with Gasteiger partial charge in [0.1, 0.15) is 0 Å². The second-order valence-electron chi connectivity index (χ2n) is 6.49. The van der Waals surface area contributed by atoms with E-state index in [1.165, 1.54) is 4.90 Å². The lowest BCUT2D eigenvalue weighted by Gasteiger charge is -2.28. The highest BCUT2D eigenvalue weighted by Crippen LogP contribution is 2.42. The van der Waals surface area contributed by atoms with E-state index < -0.39 is 0 Å². The normalized spacial score (nSPS) is 21.5. The summed E-state index contributed by atoms with van der Waals surface area (Å²) in [6, 6.07) is 16.8. The molecule has 2 atom stereocenters. The standard InChI is InChI=1S/C20H15N3O2/c24-19-13-8-4-5-9-14(13)20(25)23(19)17-10-16-15(11-21-22-16)18(17)12-6-2-1-3-7-12/h1-9,11,17-18H,10H2,(H,21,22)/t17-,18-/m0/s1. The minimum atomic E-state index is -0.237. The van der Waals surface area contributed by atoms with Crippen molar-refractivity contribution in [2.75, 3.05) is 0 Å². The molecular formula is C20H15N3O2. The van der Waals surface area contributed by atoms with Crippen LogP contribution in [0.1, 0.15) is 43.5 Å². The minimum Gasteiger partial charge on any atom is -0.282 e. The maximum atomic E-state index is 12.9. The van der Waals surface area contributed by atoms with E-state index in [1.54, 1.807) is 24.3 Å². The van der Waals surface area contributed by atoms with E-state index in [1.807, 2.05) is 36.5 Å². The monoisotopic (exact) mass is 329 g/mol. The maximum Gasteiger partial charge on any atom is 0.261 e. The van der Waals surface area contributed by atoms with Crippen LogP contribution in [0.4, 0.5) is 0 Å². The van der Waals surface area contributed by atoms with E-state index in [9.17, 15) is 9.59 Å². The molecule has 5 nitrogen and oxygen atoms in total. The summed E-state index contributed by atoms with van der Waals surface area (Å²) >= 11 is 0. The van der Waals surface area contributed by atoms with Crippen LogP contribution in [-0.2, 0) is 6.42 Å². The number of imide groups is 1. The van der Waals surface area contributed by atoms with Crippen molar-refractivity contribution in [2.24, 2.45) is 0 Å². The second kappa shape index (κ2) is 5.14. The molecule has 2 aromatic carbocycles. The van der Waals surface area contributed by atoms with E-state index in [2.05, 4.69) is 10.2 Å². The lowest BCUT2D eigenvalue weighted by atomic mass is 9.90. The number of amides is 2. The number of aromatic nitrogens is 2. The molecule has 1 aliphatic heterocycles. The zero-order valence-corrected chi connectivity index (χ0v) is 13.3. The Balaban J connectivity index is 1.62. The topological polar surface area (TPSA) is 66.1 Å². The molecule has 1 aliphatic carbocycles. The SMILES string of the molecule is O=C1c2ccccc2C(=O)N1[C@H]1Cc2[nH]ncc2[C@@H]1c1ccccc1. The third kappa shape index (κ3) is 1.92. The van der Waals surface area contributed by atoms with Gasteiger partial charge in [0.25, 0.3) is 11.8 Å². The highest BCUT2D eigenvalue weighted by molar-refractivity contribution is 6.21. The van der Waals surface area contributed by atoms with Crippen molar-refractivity contribution >= 4 is 11.8 Å². The molecular weight excluding hydrogens is 314 g/mol. The van der Waals surface area contributed by atoms with Gasteiger partial charge in [0.15, 0.2) is 0 Å². The van der Waals surface area contributed by atoms with E-state index in [0.717, 1.165) is 16.8 Å². The third-order valence-corrected chi connectivity index (χ3v) is 5.20. The number of aromatic amines is 1. The highest BCUT2D eigenvalue weighted by Gasteiger charge is 2.47. The first kappa shape index (κ1) is 14.2. The largest absolute Gasteiger partial charge is 0.282 e. The summed E-state index contributed by atoms with van der Waals surface area (Å²) < 4.78 is 0. The van der Waals surface area contributed by atoms with E-state index >= 15 is 0 Å². The first-order valence-corrected chi connectivity index (χ1v) is 8.29. The van der Waals surface area contributed by atoms with E-state index in [4.69, 9.17) is 0 Å². The number of nitrogens with one attached hydrogen (secondary N) is 1. The molecule has 5 heteroatoms. The summed E-state index contributed by atoms with van der Waals surface area (Å²) in [5.41, 5.74) is 4.13. The molecule has 0 saturated carbocycles. The van der Waals surface area contributed by atoms with Gasteiger partial charge in [0, 0.05) is 23.6 Å². The first-order chi connectivity index (χ1) is 12.3. The fourth-order valence-corrected chi connectivity index (χ4v) is 4.10. The lowest BCUT2D eigenvalue weighted by Crippen LogP contribution is -2.42. The number of hydrogen-bond acceptors (Lipinski definition) is 3. The summed E-state index contributed by atoms with van der Waals surface area (Å²) in [7, 11) is 0. The van der Waals surface area contributed by atoms with Crippen LogP contribution in [-0.4, -0.2) is 33.0 Å². The fraction of sp³-hybridized carbons (Fsp3) is 0.150. The summed E-state index contributed by atoms with van der Waals surface area (Å²) in [5.74, 6) is -0.466. The van der Waals surface area contributed by atoms with E-state index in [0.29, 0.717) is 17.5 Å². The van der Waals surface area contributed by atoms with Crippen LogP contribution >= 0.6 is 0 Å². The number of carbonyl (C=O) groups excluding carboxylic acids is 2. The van der Waals surface area contributed by atoms with Gasteiger partial charge < -0.3 is 0 Å². The van der Waals surface area contributed by atoms with Gasteiger partial charge >= 0.3 is 0 Å². The fourth-order valence-electron chi connectivity index (χ4n) is 4.10. The number of rotatable bonds is 2. The first-order valence-electron chi connectivity index (χ1n) is 8.29. The van der Waals surface area contributed by atoms with Crippen molar-refractivity contribution in [3.05, 3.63) is 88.7 Å². The van der Waals surface area contributed by atoms with Crippen molar-refractivity contribution in [2.45, 2.75) is 18.4 Å². The molecule has 0 bridgehead atoms. The third-order valence-electron chi connectivity index (χ3n) is 5.20. The van der Waals surface area contributed by atoms with Gasteiger partial charge in [0.05, 0.1) is 23.4 Å². The Bertz CT molecular complexity index is 958. The summed E-state index contributed by atoms with van der Waals surface area (Å²) in [6.07, 6.45) is 2.41. The molecule has 25 heavy (non-hydrogen) atoms. The van der Waals surface area contributed by atoms with Gasteiger partial charge in [-0.05, 0) is 17.7 Å². The predicted octanol–water partition coefficient (Wildman–Crippen LogP) is 2.76. The molecule has 2 aliphatic rings.